The first-order valence-electron chi connectivity index (χ1n) is 8.14. The van der Waals surface area contributed by atoms with Crippen LogP contribution in [0.1, 0.15) is 37.7 Å². The highest BCUT2D eigenvalue weighted by atomic mass is 32.1. The molecule has 1 aliphatic carbocycles. The van der Waals surface area contributed by atoms with Gasteiger partial charge in [-0.25, -0.2) is 0 Å². The standard InChI is InChI=1S/C17H25N3S/c21-17-18-13-19(12-11-15-7-3-1-4-8-15)14-20(17)16-9-5-2-6-10-16/h1,3-4,7-8,16H,2,5-6,9-14H2,(H,18,21). The molecule has 2 aliphatic rings. The molecule has 1 aromatic rings. The third kappa shape index (κ3) is 3.95. The van der Waals surface area contributed by atoms with Crippen molar-refractivity contribution in [2.24, 2.45) is 0 Å². The molecule has 0 aromatic heterocycles. The molecule has 1 heterocycles. The van der Waals surface area contributed by atoms with E-state index < -0.39 is 0 Å². The minimum Gasteiger partial charge on any atom is -0.350 e. The van der Waals surface area contributed by atoms with Gasteiger partial charge in [0.05, 0.1) is 13.3 Å². The van der Waals surface area contributed by atoms with Crippen molar-refractivity contribution < 1.29 is 0 Å². The van der Waals surface area contributed by atoms with Gasteiger partial charge in [0.15, 0.2) is 5.11 Å². The Bertz CT molecular complexity index is 456. The molecule has 1 saturated heterocycles. The van der Waals surface area contributed by atoms with E-state index in [-0.39, 0.29) is 0 Å². The highest BCUT2D eigenvalue weighted by molar-refractivity contribution is 7.80. The van der Waals surface area contributed by atoms with Crippen molar-refractivity contribution in [1.29, 1.82) is 0 Å². The maximum Gasteiger partial charge on any atom is 0.171 e. The monoisotopic (exact) mass is 303 g/mol. The Labute approximate surface area is 133 Å². The molecule has 1 N–H and O–H groups in total. The molecule has 3 rings (SSSR count). The van der Waals surface area contributed by atoms with E-state index in [0.29, 0.717) is 6.04 Å². The second-order valence-electron chi connectivity index (χ2n) is 6.17. The van der Waals surface area contributed by atoms with Crippen LogP contribution in [0.2, 0.25) is 0 Å². The van der Waals surface area contributed by atoms with Crippen molar-refractivity contribution in [3.05, 3.63) is 35.9 Å². The van der Waals surface area contributed by atoms with Crippen LogP contribution in [-0.2, 0) is 6.42 Å². The summed E-state index contributed by atoms with van der Waals surface area (Å²) in [7, 11) is 0. The maximum absolute atomic E-state index is 5.53. The first-order valence-corrected chi connectivity index (χ1v) is 8.54. The van der Waals surface area contributed by atoms with E-state index in [4.69, 9.17) is 12.2 Å². The number of hydrogen-bond donors (Lipinski definition) is 1. The van der Waals surface area contributed by atoms with Crippen molar-refractivity contribution in [3.63, 3.8) is 0 Å². The average Bonchev–Trinajstić information content (AvgIpc) is 2.56. The number of thiocarbonyl (C=S) groups is 1. The molecular formula is C17H25N3S. The smallest absolute Gasteiger partial charge is 0.171 e. The van der Waals surface area contributed by atoms with E-state index in [1.54, 1.807) is 0 Å². The van der Waals surface area contributed by atoms with Gasteiger partial charge < -0.3 is 10.2 Å². The van der Waals surface area contributed by atoms with Gasteiger partial charge in [-0.1, -0.05) is 49.6 Å². The van der Waals surface area contributed by atoms with E-state index in [0.717, 1.165) is 31.4 Å². The predicted octanol–water partition coefficient (Wildman–Crippen LogP) is 2.97. The molecule has 4 heteroatoms. The molecule has 0 spiro atoms. The Balaban J connectivity index is 1.54. The highest BCUT2D eigenvalue weighted by Crippen LogP contribution is 2.24. The zero-order valence-corrected chi connectivity index (χ0v) is 13.4. The average molecular weight is 303 g/mol. The van der Waals surface area contributed by atoms with Gasteiger partial charge in [-0.3, -0.25) is 4.90 Å². The molecule has 0 bridgehead atoms. The molecule has 0 amide bonds. The van der Waals surface area contributed by atoms with E-state index in [2.05, 4.69) is 45.4 Å². The summed E-state index contributed by atoms with van der Waals surface area (Å²) in [6.07, 6.45) is 7.81. The molecular weight excluding hydrogens is 278 g/mol. The number of hydrogen-bond acceptors (Lipinski definition) is 2. The number of nitrogens with zero attached hydrogens (tertiary/aromatic N) is 2. The number of nitrogens with one attached hydrogen (secondary N) is 1. The molecule has 3 nitrogen and oxygen atoms in total. The molecule has 114 valence electrons. The van der Waals surface area contributed by atoms with Crippen LogP contribution in [0.3, 0.4) is 0 Å². The van der Waals surface area contributed by atoms with Crippen LogP contribution in [0.15, 0.2) is 30.3 Å². The highest BCUT2D eigenvalue weighted by Gasteiger charge is 2.27. The lowest BCUT2D eigenvalue weighted by molar-refractivity contribution is 0.108. The topological polar surface area (TPSA) is 18.5 Å². The molecule has 1 aromatic carbocycles. The Morgan fingerprint density at radius 3 is 2.62 bits per heavy atom. The van der Waals surface area contributed by atoms with Crippen LogP contribution < -0.4 is 5.32 Å². The van der Waals surface area contributed by atoms with Gasteiger partial charge >= 0.3 is 0 Å². The first kappa shape index (κ1) is 14.8. The minimum absolute atomic E-state index is 0.651. The molecule has 0 radical (unpaired) electrons. The Kier molecular flexibility index (Phi) is 5.09. The fourth-order valence-electron chi connectivity index (χ4n) is 3.37. The van der Waals surface area contributed by atoms with Crippen LogP contribution in [-0.4, -0.2) is 40.8 Å². The van der Waals surface area contributed by atoms with Crippen LogP contribution in [0, 0.1) is 0 Å². The summed E-state index contributed by atoms with van der Waals surface area (Å²) in [5.74, 6) is 0. The van der Waals surface area contributed by atoms with Crippen molar-refractivity contribution >= 4 is 17.3 Å². The number of benzene rings is 1. The third-order valence-electron chi connectivity index (χ3n) is 4.64. The second-order valence-corrected chi connectivity index (χ2v) is 6.56. The van der Waals surface area contributed by atoms with Gasteiger partial charge in [-0.15, -0.1) is 0 Å². The molecule has 0 unspecified atom stereocenters. The van der Waals surface area contributed by atoms with E-state index >= 15 is 0 Å². The van der Waals surface area contributed by atoms with Crippen LogP contribution >= 0.6 is 12.2 Å². The predicted molar refractivity (Wildman–Crippen MR) is 91.0 cm³/mol. The largest absolute Gasteiger partial charge is 0.350 e. The lowest BCUT2D eigenvalue weighted by atomic mass is 9.94. The number of rotatable bonds is 4. The zero-order valence-electron chi connectivity index (χ0n) is 12.6. The minimum atomic E-state index is 0.651. The summed E-state index contributed by atoms with van der Waals surface area (Å²) in [4.78, 5) is 4.89. The summed E-state index contributed by atoms with van der Waals surface area (Å²) in [6.45, 7) is 2.96. The van der Waals surface area contributed by atoms with Crippen molar-refractivity contribution in [1.82, 2.24) is 15.1 Å². The van der Waals surface area contributed by atoms with Gasteiger partial charge in [-0.05, 0) is 37.0 Å². The summed E-state index contributed by atoms with van der Waals surface area (Å²) >= 11 is 5.53. The van der Waals surface area contributed by atoms with Gasteiger partial charge in [0.2, 0.25) is 0 Å². The van der Waals surface area contributed by atoms with Gasteiger partial charge in [-0.2, -0.15) is 0 Å². The zero-order chi connectivity index (χ0) is 14.5. The van der Waals surface area contributed by atoms with Gasteiger partial charge in [0.25, 0.3) is 0 Å². The van der Waals surface area contributed by atoms with Crippen molar-refractivity contribution in [2.75, 3.05) is 19.9 Å². The molecule has 1 saturated carbocycles. The van der Waals surface area contributed by atoms with E-state index in [9.17, 15) is 0 Å². The van der Waals surface area contributed by atoms with Crippen LogP contribution in [0.5, 0.6) is 0 Å². The fraction of sp³-hybridized carbons (Fsp3) is 0.588. The molecule has 21 heavy (non-hydrogen) atoms. The quantitative estimate of drug-likeness (QED) is 0.862. The SMILES string of the molecule is S=C1NCN(CCc2ccccc2)CN1C1CCCCC1. The van der Waals surface area contributed by atoms with Crippen molar-refractivity contribution in [3.8, 4) is 0 Å². The van der Waals surface area contributed by atoms with Crippen LogP contribution in [0.4, 0.5) is 0 Å². The summed E-state index contributed by atoms with van der Waals surface area (Å²) in [5, 5.41) is 4.36. The Hall–Kier alpha value is -1.13. The van der Waals surface area contributed by atoms with E-state index in [1.165, 1.54) is 37.7 Å². The molecule has 0 atom stereocenters. The molecule has 1 aliphatic heterocycles. The first-order chi connectivity index (χ1) is 10.3. The normalized spacial score (nSPS) is 21.3. The van der Waals surface area contributed by atoms with Gasteiger partial charge in [0, 0.05) is 12.6 Å². The van der Waals surface area contributed by atoms with Gasteiger partial charge in [0.1, 0.15) is 0 Å². The van der Waals surface area contributed by atoms with Crippen LogP contribution in [0.25, 0.3) is 0 Å². The molecule has 2 fully saturated rings. The van der Waals surface area contributed by atoms with Crippen molar-refractivity contribution in [2.45, 2.75) is 44.6 Å². The maximum atomic E-state index is 5.53. The Morgan fingerprint density at radius 1 is 1.10 bits per heavy atom. The second kappa shape index (κ2) is 7.23. The summed E-state index contributed by atoms with van der Waals surface area (Å²) < 4.78 is 0. The van der Waals surface area contributed by atoms with E-state index in [1.807, 2.05) is 0 Å². The summed E-state index contributed by atoms with van der Waals surface area (Å²) in [5.41, 5.74) is 1.41. The summed E-state index contributed by atoms with van der Waals surface area (Å²) in [6, 6.07) is 11.4. The lowest BCUT2D eigenvalue weighted by Crippen LogP contribution is -2.59. The fourth-order valence-corrected chi connectivity index (χ4v) is 3.64. The third-order valence-corrected chi connectivity index (χ3v) is 5.02. The lowest BCUT2D eigenvalue weighted by Gasteiger charge is -2.43. The Morgan fingerprint density at radius 2 is 1.86 bits per heavy atom.